The number of imidazole rings is 2. The van der Waals surface area contributed by atoms with Crippen molar-refractivity contribution in [3.8, 4) is 28.1 Å². The molecule has 3 aromatic carbocycles. The third-order valence-electron chi connectivity index (χ3n) is 11.6. The molecule has 3 aliphatic heterocycles. The van der Waals surface area contributed by atoms with Gasteiger partial charge in [-0.05, 0) is 99.2 Å². The van der Waals surface area contributed by atoms with Gasteiger partial charge in [-0.2, -0.15) is 0 Å². The summed E-state index contributed by atoms with van der Waals surface area (Å²) < 4.78 is 22.4. The highest BCUT2D eigenvalue weighted by molar-refractivity contribution is 6.07. The number of nitrogens with zero attached hydrogens (tertiary/aromatic N) is 4. The molecule has 5 heterocycles. The van der Waals surface area contributed by atoms with Gasteiger partial charge in [0.2, 0.25) is 5.91 Å². The number of aromatic nitrogens is 4. The van der Waals surface area contributed by atoms with Gasteiger partial charge in [0.05, 0.1) is 48.7 Å². The Kier molecular flexibility index (Phi) is 10.3. The van der Waals surface area contributed by atoms with Gasteiger partial charge in [-0.1, -0.05) is 32.0 Å². The molecule has 3 aliphatic rings. The van der Waals surface area contributed by atoms with E-state index in [9.17, 15) is 14.4 Å². The van der Waals surface area contributed by atoms with E-state index in [0.717, 1.165) is 86.4 Å². The van der Waals surface area contributed by atoms with Gasteiger partial charge in [0, 0.05) is 36.6 Å². The lowest BCUT2D eigenvalue weighted by molar-refractivity contribution is -0.137. The van der Waals surface area contributed by atoms with Crippen LogP contribution in [0.5, 0.6) is 5.75 Å². The molecule has 0 spiro atoms. The molecule has 14 heteroatoms. The van der Waals surface area contributed by atoms with E-state index in [1.807, 2.05) is 58.7 Å². The molecule has 2 fully saturated rings. The normalized spacial score (nSPS) is 20.9. The number of nitrogens with one attached hydrogen (secondary N) is 3. The first-order valence-electron chi connectivity index (χ1n) is 20.2. The number of carbonyl (C=O) groups is 3. The Bertz CT molecular complexity index is 2380. The number of alkyl carbamates (subject to hydrolysis) is 1. The lowest BCUT2D eigenvalue weighted by Gasteiger charge is -2.32. The Morgan fingerprint density at radius 3 is 2.55 bits per heavy atom. The lowest BCUT2D eigenvalue weighted by Crippen LogP contribution is -2.52. The van der Waals surface area contributed by atoms with Crippen molar-refractivity contribution in [3.05, 3.63) is 65.9 Å². The average molecular weight is 792 g/mol. The Morgan fingerprint density at radius 1 is 1.00 bits per heavy atom. The van der Waals surface area contributed by atoms with Crippen LogP contribution in [0.4, 0.5) is 9.59 Å². The molecule has 14 nitrogen and oxygen atoms in total. The SMILES string of the molecule is COCC1CC(c2ncc(-c3ccc4c(c3)COc3cc5c(ccc6nc([C@@H]7CC[C@H](C)N7C(=O)[C@@H](NC(=O)OC)C(C)C)[nH]c65)cc3-4)[nH]2)N(C(=O)OC(C)(C)C)C1. The van der Waals surface area contributed by atoms with Crippen LogP contribution in [0, 0.1) is 11.8 Å². The minimum absolute atomic E-state index is 0.0184. The smallest absolute Gasteiger partial charge is 0.410 e. The molecule has 0 aliphatic carbocycles. The predicted octanol–water partition coefficient (Wildman–Crippen LogP) is 8.04. The van der Waals surface area contributed by atoms with Crippen LogP contribution in [0.15, 0.2) is 48.7 Å². The van der Waals surface area contributed by atoms with E-state index in [4.69, 9.17) is 28.9 Å². The summed E-state index contributed by atoms with van der Waals surface area (Å²) in [5.41, 5.74) is 6.08. The maximum atomic E-state index is 14.0. The fraction of sp³-hybridized carbons (Fsp3) is 0.477. The van der Waals surface area contributed by atoms with Gasteiger partial charge >= 0.3 is 12.2 Å². The molecule has 2 aromatic heterocycles. The third kappa shape index (κ3) is 7.34. The summed E-state index contributed by atoms with van der Waals surface area (Å²) in [6, 6.07) is 13.4. The summed E-state index contributed by atoms with van der Waals surface area (Å²) in [5.74, 6) is 2.13. The molecule has 5 atom stereocenters. The quantitative estimate of drug-likeness (QED) is 0.141. The highest BCUT2D eigenvalue weighted by atomic mass is 16.6. The maximum absolute atomic E-state index is 14.0. The molecule has 2 saturated heterocycles. The van der Waals surface area contributed by atoms with Gasteiger partial charge in [0.15, 0.2) is 0 Å². The molecule has 3 amide bonds. The molecule has 0 radical (unpaired) electrons. The van der Waals surface area contributed by atoms with Crippen molar-refractivity contribution in [2.45, 2.75) is 97.2 Å². The van der Waals surface area contributed by atoms with E-state index in [0.29, 0.717) is 19.8 Å². The second kappa shape index (κ2) is 15.3. The summed E-state index contributed by atoms with van der Waals surface area (Å²) >= 11 is 0. The molecule has 5 aromatic rings. The van der Waals surface area contributed by atoms with Crippen molar-refractivity contribution in [2.75, 3.05) is 27.4 Å². The summed E-state index contributed by atoms with van der Waals surface area (Å²) in [6.45, 7) is 13.0. The predicted molar refractivity (Wildman–Crippen MR) is 219 cm³/mol. The van der Waals surface area contributed by atoms with E-state index in [1.54, 1.807) is 12.0 Å². The zero-order valence-electron chi connectivity index (χ0n) is 34.5. The standard InChI is InChI=1S/C44H53N7O7/c1-23(2)37(49-42(53)56-8)41(52)51-24(3)9-14-34(51)40-46-32-13-11-26-17-31-29-12-10-27(16-28(29)22-57-36(31)18-30(26)38(32)48-40)33-19-45-39(47-33)35-15-25(21-55-7)20-50(35)43(54)58-44(4,5)6/h10-13,16-19,23-25,34-35,37H,9,14-15,20-22H2,1-8H3,(H,45,47)(H,46,48)(H,49,53)/t24-,25?,34-,35?,37-/m0/s1. The number of benzene rings is 3. The molecular weight excluding hydrogens is 739 g/mol. The highest BCUT2D eigenvalue weighted by Crippen LogP contribution is 2.44. The summed E-state index contributed by atoms with van der Waals surface area (Å²) in [6.07, 6.45) is 3.15. The number of amides is 3. The van der Waals surface area contributed by atoms with Crippen molar-refractivity contribution in [2.24, 2.45) is 11.8 Å². The molecule has 8 rings (SSSR count). The van der Waals surface area contributed by atoms with E-state index in [-0.39, 0.29) is 42.0 Å². The van der Waals surface area contributed by atoms with Crippen LogP contribution < -0.4 is 10.1 Å². The topological polar surface area (TPSA) is 164 Å². The molecule has 306 valence electrons. The van der Waals surface area contributed by atoms with Crippen molar-refractivity contribution in [1.29, 1.82) is 0 Å². The van der Waals surface area contributed by atoms with Gasteiger partial charge in [-0.25, -0.2) is 19.6 Å². The number of hydrogen-bond donors (Lipinski definition) is 3. The van der Waals surface area contributed by atoms with Crippen molar-refractivity contribution in [3.63, 3.8) is 0 Å². The van der Waals surface area contributed by atoms with E-state index < -0.39 is 17.7 Å². The van der Waals surface area contributed by atoms with Gasteiger partial charge < -0.3 is 39.1 Å². The number of H-pyrrole nitrogens is 2. The molecule has 0 saturated carbocycles. The van der Waals surface area contributed by atoms with E-state index in [2.05, 4.69) is 51.7 Å². The van der Waals surface area contributed by atoms with Crippen LogP contribution in [-0.4, -0.2) is 92.9 Å². The largest absolute Gasteiger partial charge is 0.488 e. The molecular formula is C44H53N7O7. The Morgan fingerprint density at radius 2 is 1.81 bits per heavy atom. The first kappa shape index (κ1) is 39.2. The number of aromatic amines is 2. The number of methoxy groups -OCH3 is 2. The monoisotopic (exact) mass is 791 g/mol. The molecule has 0 bridgehead atoms. The van der Waals surface area contributed by atoms with E-state index in [1.165, 1.54) is 7.11 Å². The fourth-order valence-electron chi connectivity index (χ4n) is 8.84. The average Bonchev–Trinajstić information content (AvgIpc) is 4.00. The summed E-state index contributed by atoms with van der Waals surface area (Å²) in [4.78, 5) is 59.8. The Hall–Kier alpha value is -5.63. The Balaban J connectivity index is 1.06. The Labute approximate surface area is 338 Å². The molecule has 58 heavy (non-hydrogen) atoms. The minimum Gasteiger partial charge on any atom is -0.488 e. The van der Waals surface area contributed by atoms with Gasteiger partial charge in [-0.15, -0.1) is 0 Å². The van der Waals surface area contributed by atoms with Gasteiger partial charge in [0.25, 0.3) is 0 Å². The second-order valence-corrected chi connectivity index (χ2v) is 17.2. The number of carbonyl (C=O) groups excluding carboxylic acids is 3. The first-order chi connectivity index (χ1) is 27.7. The van der Waals surface area contributed by atoms with Crippen molar-refractivity contribution >= 4 is 39.9 Å². The van der Waals surface area contributed by atoms with Crippen LogP contribution in [0.2, 0.25) is 0 Å². The maximum Gasteiger partial charge on any atom is 0.410 e. The van der Waals surface area contributed by atoms with Crippen LogP contribution in [0.3, 0.4) is 0 Å². The van der Waals surface area contributed by atoms with Crippen LogP contribution >= 0.6 is 0 Å². The zero-order chi connectivity index (χ0) is 41.0. The summed E-state index contributed by atoms with van der Waals surface area (Å²) in [5, 5.41) is 4.76. The van der Waals surface area contributed by atoms with Crippen LogP contribution in [-0.2, 0) is 25.6 Å². The number of hydrogen-bond acceptors (Lipinski definition) is 9. The van der Waals surface area contributed by atoms with Crippen LogP contribution in [0.25, 0.3) is 44.2 Å². The fourth-order valence-corrected chi connectivity index (χ4v) is 8.84. The molecule has 3 N–H and O–H groups in total. The van der Waals surface area contributed by atoms with Crippen molar-refractivity contribution < 1.29 is 33.3 Å². The second-order valence-electron chi connectivity index (χ2n) is 17.2. The zero-order valence-corrected chi connectivity index (χ0v) is 34.5. The number of ether oxygens (including phenoxy) is 4. The number of likely N-dealkylation sites (tertiary alicyclic amines) is 2. The van der Waals surface area contributed by atoms with Gasteiger partial charge in [-0.3, -0.25) is 9.69 Å². The van der Waals surface area contributed by atoms with Crippen LogP contribution in [0.1, 0.15) is 90.1 Å². The summed E-state index contributed by atoms with van der Waals surface area (Å²) in [7, 11) is 2.98. The number of fused-ring (bicyclic) bond motifs is 6. The highest BCUT2D eigenvalue weighted by Gasteiger charge is 2.42. The van der Waals surface area contributed by atoms with E-state index >= 15 is 0 Å². The lowest BCUT2D eigenvalue weighted by atomic mass is 9.92. The van der Waals surface area contributed by atoms with Crippen molar-refractivity contribution in [1.82, 2.24) is 35.1 Å². The molecule has 2 unspecified atom stereocenters. The van der Waals surface area contributed by atoms with Gasteiger partial charge in [0.1, 0.15) is 35.6 Å². The third-order valence-corrected chi connectivity index (χ3v) is 11.6. The minimum atomic E-state index is -0.719. The number of rotatable bonds is 8. The first-order valence-corrected chi connectivity index (χ1v) is 20.2.